The first-order valence-electron chi connectivity index (χ1n) is 10.2. The van der Waals surface area contributed by atoms with E-state index in [2.05, 4.69) is 16.9 Å². The zero-order chi connectivity index (χ0) is 25.3. The number of aromatic carboxylic acids is 1. The number of nitrogens with two attached hydrogens (primary N) is 1. The average Bonchev–Trinajstić information content (AvgIpc) is 3.20. The summed E-state index contributed by atoms with van der Waals surface area (Å²) in [5.74, 6) is -2.01. The van der Waals surface area contributed by atoms with Crippen LogP contribution < -0.4 is 16.0 Å². The summed E-state index contributed by atoms with van der Waals surface area (Å²) in [7, 11) is 0. The monoisotopic (exact) mass is 508 g/mol. The number of primary amides is 1. The molecule has 0 unspecified atom stereocenters. The number of carboxylic acid groups (broad SMARTS) is 1. The van der Waals surface area contributed by atoms with Gasteiger partial charge in [-0.15, -0.1) is 0 Å². The maximum Gasteiger partial charge on any atom is 0.352 e. The van der Waals surface area contributed by atoms with E-state index in [-0.39, 0.29) is 27.5 Å². The predicted octanol–water partition coefficient (Wildman–Crippen LogP) is 6.04. The van der Waals surface area contributed by atoms with Crippen LogP contribution in [0.15, 0.2) is 73.3 Å². The molecule has 0 saturated carbocycles. The van der Waals surface area contributed by atoms with Gasteiger partial charge in [0.2, 0.25) is 0 Å². The van der Waals surface area contributed by atoms with Gasteiger partial charge in [0.15, 0.2) is 0 Å². The minimum absolute atomic E-state index is 0.0268. The molecule has 0 radical (unpaired) electrons. The number of hydrogen-bond donors (Lipinski definition) is 4. The second-order valence-electron chi connectivity index (χ2n) is 7.45. The molecule has 3 amide bonds. The van der Waals surface area contributed by atoms with Gasteiger partial charge >= 0.3 is 12.0 Å². The Bertz CT molecular complexity index is 1500. The highest BCUT2D eigenvalue weighted by Crippen LogP contribution is 2.37. The summed E-state index contributed by atoms with van der Waals surface area (Å²) < 4.78 is 0. The van der Waals surface area contributed by atoms with E-state index in [1.807, 2.05) is 0 Å². The first-order chi connectivity index (χ1) is 16.7. The van der Waals surface area contributed by atoms with E-state index in [4.69, 9.17) is 28.9 Å². The van der Waals surface area contributed by atoms with Crippen LogP contribution >= 0.6 is 23.2 Å². The lowest BCUT2D eigenvalue weighted by Crippen LogP contribution is -2.32. The Morgan fingerprint density at radius 1 is 1.00 bits per heavy atom. The lowest BCUT2D eigenvalue weighted by Gasteiger charge is -2.23. The lowest BCUT2D eigenvalue weighted by molar-refractivity contribution is -0.111. The number of benzene rings is 3. The van der Waals surface area contributed by atoms with Crippen molar-refractivity contribution in [2.45, 2.75) is 0 Å². The van der Waals surface area contributed by atoms with Crippen LogP contribution in [-0.4, -0.2) is 28.0 Å². The van der Waals surface area contributed by atoms with Crippen molar-refractivity contribution in [3.63, 3.8) is 0 Å². The first-order valence-corrected chi connectivity index (χ1v) is 10.9. The Hall–Kier alpha value is -4.27. The number of nitrogens with one attached hydrogen (secondary N) is 2. The van der Waals surface area contributed by atoms with Crippen molar-refractivity contribution in [1.29, 1.82) is 0 Å². The molecule has 1 heterocycles. The molecule has 4 aromatic rings. The Kier molecular flexibility index (Phi) is 6.50. The number of nitrogens with zero attached hydrogens (tertiary/aromatic N) is 1. The van der Waals surface area contributed by atoms with E-state index in [0.29, 0.717) is 27.3 Å². The number of carboxylic acids is 1. The van der Waals surface area contributed by atoms with Gasteiger partial charge in [-0.2, -0.15) is 0 Å². The number of H-pyrrole nitrogens is 1. The van der Waals surface area contributed by atoms with Gasteiger partial charge in [0.25, 0.3) is 5.91 Å². The molecule has 0 spiro atoms. The topological polar surface area (TPSA) is 129 Å². The van der Waals surface area contributed by atoms with Gasteiger partial charge in [-0.3, -0.25) is 9.69 Å². The van der Waals surface area contributed by atoms with Crippen molar-refractivity contribution in [1.82, 2.24) is 4.98 Å². The molecule has 3 aromatic carbocycles. The molecular weight excluding hydrogens is 491 g/mol. The summed E-state index contributed by atoms with van der Waals surface area (Å²) in [6.45, 7) is 3.83. The smallest absolute Gasteiger partial charge is 0.352 e. The normalized spacial score (nSPS) is 10.7. The SMILES string of the molecule is C=C(C(=O)Nc1ccccc1N(C(N)=O)c1ccccc1)c1c(C(=O)O)[nH]c2cc(Cl)cc(Cl)c12. The van der Waals surface area contributed by atoms with Crippen LogP contribution in [0.5, 0.6) is 0 Å². The van der Waals surface area contributed by atoms with E-state index >= 15 is 0 Å². The van der Waals surface area contributed by atoms with Crippen LogP contribution in [0.4, 0.5) is 21.9 Å². The summed E-state index contributed by atoms with van der Waals surface area (Å²) >= 11 is 12.4. The van der Waals surface area contributed by atoms with Crippen LogP contribution in [0.2, 0.25) is 10.0 Å². The Balaban J connectivity index is 1.76. The predicted molar refractivity (Wildman–Crippen MR) is 138 cm³/mol. The van der Waals surface area contributed by atoms with Crippen molar-refractivity contribution in [3.8, 4) is 0 Å². The largest absolute Gasteiger partial charge is 0.477 e. The fourth-order valence-electron chi connectivity index (χ4n) is 3.76. The molecule has 8 nitrogen and oxygen atoms in total. The van der Waals surface area contributed by atoms with E-state index in [0.717, 1.165) is 0 Å². The molecule has 0 atom stereocenters. The third kappa shape index (κ3) is 4.57. The number of rotatable bonds is 6. The minimum Gasteiger partial charge on any atom is -0.477 e. The first kappa shape index (κ1) is 23.9. The summed E-state index contributed by atoms with van der Waals surface area (Å²) in [6.07, 6.45) is 0. The average molecular weight is 509 g/mol. The van der Waals surface area contributed by atoms with Gasteiger partial charge in [-0.1, -0.05) is 60.1 Å². The zero-order valence-corrected chi connectivity index (χ0v) is 19.5. The summed E-state index contributed by atoms with van der Waals surface area (Å²) in [5.41, 5.74) is 6.66. The Labute approximate surface area is 209 Å². The molecule has 0 fully saturated rings. The maximum absolute atomic E-state index is 13.3. The van der Waals surface area contributed by atoms with Crippen molar-refractivity contribution in [3.05, 3.63) is 94.6 Å². The molecule has 4 rings (SSSR count). The van der Waals surface area contributed by atoms with E-state index < -0.39 is 17.9 Å². The standard InChI is InChI=1S/C25H18Cl2N4O4/c1-13(20-21-16(27)11-14(26)12-18(21)29-22(20)24(33)34)23(32)30-17-9-5-6-10-19(17)31(25(28)35)15-7-3-2-4-8-15/h2-12,29H,1H2,(H2,28,35)(H,30,32)(H,33,34). The summed E-state index contributed by atoms with van der Waals surface area (Å²) in [4.78, 5) is 41.5. The second-order valence-corrected chi connectivity index (χ2v) is 8.29. The van der Waals surface area contributed by atoms with Crippen LogP contribution in [0.3, 0.4) is 0 Å². The maximum atomic E-state index is 13.3. The number of hydrogen-bond acceptors (Lipinski definition) is 3. The number of carbonyl (C=O) groups excluding carboxylic acids is 2. The van der Waals surface area contributed by atoms with E-state index in [9.17, 15) is 19.5 Å². The number of para-hydroxylation sites is 3. The van der Waals surface area contributed by atoms with Gasteiger partial charge in [0.05, 0.1) is 22.1 Å². The number of carbonyl (C=O) groups is 3. The quantitative estimate of drug-likeness (QED) is 0.236. The van der Waals surface area contributed by atoms with Crippen molar-refractivity contribution < 1.29 is 19.5 Å². The van der Waals surface area contributed by atoms with E-state index in [1.54, 1.807) is 54.6 Å². The number of aromatic amines is 1. The van der Waals surface area contributed by atoms with Gasteiger partial charge < -0.3 is 21.1 Å². The molecule has 176 valence electrons. The van der Waals surface area contributed by atoms with Crippen LogP contribution in [0.1, 0.15) is 16.1 Å². The number of halogens is 2. The second kappa shape index (κ2) is 9.54. The van der Waals surface area contributed by atoms with Gasteiger partial charge in [-0.05, 0) is 36.4 Å². The number of amides is 3. The molecule has 0 aliphatic carbocycles. The third-order valence-corrected chi connectivity index (χ3v) is 5.75. The Morgan fingerprint density at radius 3 is 2.31 bits per heavy atom. The van der Waals surface area contributed by atoms with Gasteiger partial charge in [0, 0.05) is 27.1 Å². The molecule has 0 saturated heterocycles. The molecule has 0 aliphatic heterocycles. The molecule has 0 bridgehead atoms. The summed E-state index contributed by atoms with van der Waals surface area (Å²) in [6, 6.07) is 17.4. The van der Waals surface area contributed by atoms with Crippen molar-refractivity contribution >= 4 is 74.6 Å². The van der Waals surface area contributed by atoms with Crippen molar-refractivity contribution in [2.24, 2.45) is 5.73 Å². The van der Waals surface area contributed by atoms with E-state index in [1.165, 1.54) is 17.0 Å². The van der Waals surface area contributed by atoms with Gasteiger partial charge in [-0.25, -0.2) is 9.59 Å². The molecule has 35 heavy (non-hydrogen) atoms. The highest BCUT2D eigenvalue weighted by atomic mass is 35.5. The number of aromatic nitrogens is 1. The molecule has 0 aliphatic rings. The van der Waals surface area contributed by atoms with Crippen LogP contribution in [0, 0.1) is 0 Å². The Morgan fingerprint density at radius 2 is 1.66 bits per heavy atom. The van der Waals surface area contributed by atoms with Crippen molar-refractivity contribution in [2.75, 3.05) is 10.2 Å². The van der Waals surface area contributed by atoms with Gasteiger partial charge in [0.1, 0.15) is 5.69 Å². The van der Waals surface area contributed by atoms with Crippen LogP contribution in [-0.2, 0) is 4.79 Å². The number of urea groups is 1. The third-order valence-electron chi connectivity index (χ3n) is 5.23. The highest BCUT2D eigenvalue weighted by Gasteiger charge is 2.26. The fourth-order valence-corrected chi connectivity index (χ4v) is 4.35. The number of anilines is 3. The highest BCUT2D eigenvalue weighted by molar-refractivity contribution is 6.41. The minimum atomic E-state index is -1.30. The molecule has 1 aromatic heterocycles. The zero-order valence-electron chi connectivity index (χ0n) is 18.0. The molecular formula is C25H18Cl2N4O4. The lowest BCUT2D eigenvalue weighted by atomic mass is 10.0. The van der Waals surface area contributed by atoms with Crippen LogP contribution in [0.25, 0.3) is 16.5 Å². The number of fused-ring (bicyclic) bond motifs is 1. The summed E-state index contributed by atoms with van der Waals surface area (Å²) in [5, 5.41) is 13.2. The molecule has 10 heteroatoms. The molecule has 5 N–H and O–H groups in total. The fraction of sp³-hybridized carbons (Fsp3) is 0.